The number of nitrogens with zero attached hydrogens (tertiary/aromatic N) is 1. The second kappa shape index (κ2) is 2.22. The highest BCUT2D eigenvalue weighted by Crippen LogP contribution is 2.39. The molecular weight excluding hydrogens is 148 g/mol. The van der Waals surface area contributed by atoms with Crippen LogP contribution in [0.3, 0.4) is 0 Å². The minimum atomic E-state index is 0.212. The van der Waals surface area contributed by atoms with E-state index in [1.165, 1.54) is 11.3 Å². The number of hydrogen-bond donors (Lipinski definition) is 1. The maximum absolute atomic E-state index is 4.15. The van der Waals surface area contributed by atoms with E-state index in [-0.39, 0.29) is 5.41 Å². The average molecular weight is 162 g/mol. The summed E-state index contributed by atoms with van der Waals surface area (Å²) in [4.78, 5) is 4.15. The summed E-state index contributed by atoms with van der Waals surface area (Å²) < 4.78 is 0. The van der Waals surface area contributed by atoms with Gasteiger partial charge in [0.2, 0.25) is 0 Å². The molecule has 1 aromatic heterocycles. The van der Waals surface area contributed by atoms with E-state index in [9.17, 15) is 0 Å². The van der Waals surface area contributed by atoms with Crippen LogP contribution in [0.25, 0.3) is 0 Å². The minimum Gasteiger partial charge on any atom is -0.381 e. The molecule has 1 N–H and O–H groups in total. The van der Waals surface area contributed by atoms with Crippen LogP contribution in [0.15, 0.2) is 18.5 Å². The van der Waals surface area contributed by atoms with E-state index < -0.39 is 0 Å². The Morgan fingerprint density at radius 2 is 2.25 bits per heavy atom. The predicted octanol–water partition coefficient (Wildman–Crippen LogP) is 2.17. The molecule has 0 radical (unpaired) electrons. The summed E-state index contributed by atoms with van der Waals surface area (Å²) in [6.07, 6.45) is 3.80. The highest BCUT2D eigenvalue weighted by Gasteiger charge is 2.36. The van der Waals surface area contributed by atoms with Gasteiger partial charge in [0.15, 0.2) is 0 Å². The van der Waals surface area contributed by atoms with Crippen molar-refractivity contribution in [2.75, 3.05) is 5.32 Å². The smallest absolute Gasteiger partial charge is 0.0412 e. The Balaban J connectivity index is 2.55. The van der Waals surface area contributed by atoms with Crippen LogP contribution in [-0.4, -0.2) is 11.0 Å². The lowest BCUT2D eigenvalue weighted by atomic mass is 9.82. The fourth-order valence-electron chi connectivity index (χ4n) is 1.68. The molecule has 1 unspecified atom stereocenters. The SMILES string of the molecule is CC1Nc2ccncc2C1(C)C. The van der Waals surface area contributed by atoms with Crippen LogP contribution in [0.2, 0.25) is 0 Å². The van der Waals surface area contributed by atoms with E-state index in [0.717, 1.165) is 0 Å². The lowest BCUT2D eigenvalue weighted by molar-refractivity contribution is 0.485. The fourth-order valence-corrected chi connectivity index (χ4v) is 1.68. The first-order chi connectivity index (χ1) is 5.62. The molecule has 0 aliphatic carbocycles. The Bertz CT molecular complexity index is 304. The van der Waals surface area contributed by atoms with Crippen molar-refractivity contribution in [3.05, 3.63) is 24.0 Å². The monoisotopic (exact) mass is 162 g/mol. The van der Waals surface area contributed by atoms with E-state index in [4.69, 9.17) is 0 Å². The van der Waals surface area contributed by atoms with Gasteiger partial charge in [0.25, 0.3) is 0 Å². The van der Waals surface area contributed by atoms with Crippen LogP contribution >= 0.6 is 0 Å². The van der Waals surface area contributed by atoms with Gasteiger partial charge < -0.3 is 5.32 Å². The molecule has 2 rings (SSSR count). The van der Waals surface area contributed by atoms with Gasteiger partial charge in [-0.25, -0.2) is 0 Å². The lowest BCUT2D eigenvalue weighted by Crippen LogP contribution is -2.29. The third kappa shape index (κ3) is 0.840. The molecule has 0 aromatic carbocycles. The number of rotatable bonds is 0. The van der Waals surface area contributed by atoms with Gasteiger partial charge in [0.05, 0.1) is 0 Å². The Kier molecular flexibility index (Phi) is 1.40. The average Bonchev–Trinajstić information content (AvgIpc) is 2.25. The van der Waals surface area contributed by atoms with Crippen LogP contribution < -0.4 is 5.32 Å². The van der Waals surface area contributed by atoms with Crippen LogP contribution in [-0.2, 0) is 5.41 Å². The van der Waals surface area contributed by atoms with Gasteiger partial charge >= 0.3 is 0 Å². The maximum atomic E-state index is 4.15. The van der Waals surface area contributed by atoms with Gasteiger partial charge in [-0.1, -0.05) is 13.8 Å². The molecule has 1 atom stereocenters. The highest BCUT2D eigenvalue weighted by atomic mass is 15.0. The van der Waals surface area contributed by atoms with Crippen LogP contribution in [0, 0.1) is 0 Å². The molecule has 64 valence electrons. The van der Waals surface area contributed by atoms with Crippen molar-refractivity contribution in [3.63, 3.8) is 0 Å². The zero-order valence-electron chi connectivity index (χ0n) is 7.76. The molecule has 1 aliphatic heterocycles. The fraction of sp³-hybridized carbons (Fsp3) is 0.500. The van der Waals surface area contributed by atoms with Crippen molar-refractivity contribution in [2.24, 2.45) is 0 Å². The largest absolute Gasteiger partial charge is 0.381 e. The number of aromatic nitrogens is 1. The second-order valence-electron chi connectivity index (χ2n) is 4.01. The van der Waals surface area contributed by atoms with Crippen molar-refractivity contribution in [1.29, 1.82) is 0 Å². The maximum Gasteiger partial charge on any atom is 0.0412 e. The first kappa shape index (κ1) is 7.59. The minimum absolute atomic E-state index is 0.212. The normalized spacial score (nSPS) is 24.8. The Labute approximate surface area is 73.0 Å². The van der Waals surface area contributed by atoms with E-state index in [2.05, 4.69) is 31.1 Å². The van der Waals surface area contributed by atoms with Crippen molar-refractivity contribution >= 4 is 5.69 Å². The number of anilines is 1. The number of fused-ring (bicyclic) bond motifs is 1. The highest BCUT2D eigenvalue weighted by molar-refractivity contribution is 5.59. The predicted molar refractivity (Wildman–Crippen MR) is 50.3 cm³/mol. The van der Waals surface area contributed by atoms with E-state index in [1.54, 1.807) is 0 Å². The molecule has 12 heavy (non-hydrogen) atoms. The van der Waals surface area contributed by atoms with E-state index in [1.807, 2.05) is 18.5 Å². The summed E-state index contributed by atoms with van der Waals surface area (Å²) in [5.74, 6) is 0. The molecule has 2 heteroatoms. The molecule has 1 aromatic rings. The van der Waals surface area contributed by atoms with Crippen LogP contribution in [0.5, 0.6) is 0 Å². The Hall–Kier alpha value is -1.05. The zero-order valence-corrected chi connectivity index (χ0v) is 7.76. The third-order valence-corrected chi connectivity index (χ3v) is 2.97. The number of nitrogens with one attached hydrogen (secondary N) is 1. The van der Waals surface area contributed by atoms with Gasteiger partial charge in [-0.05, 0) is 13.0 Å². The molecule has 0 fully saturated rings. The Morgan fingerprint density at radius 1 is 1.50 bits per heavy atom. The molecule has 2 nitrogen and oxygen atoms in total. The molecule has 2 heterocycles. The summed E-state index contributed by atoms with van der Waals surface area (Å²) >= 11 is 0. The van der Waals surface area contributed by atoms with E-state index in [0.29, 0.717) is 6.04 Å². The zero-order chi connectivity index (χ0) is 8.77. The summed E-state index contributed by atoms with van der Waals surface area (Å²) in [5.41, 5.74) is 2.78. The molecule has 0 bridgehead atoms. The second-order valence-corrected chi connectivity index (χ2v) is 4.01. The standard InChI is InChI=1S/C10H14N2/c1-7-10(2,3)8-6-11-5-4-9(8)12-7/h4-7,12H,1-3H3. The van der Waals surface area contributed by atoms with Gasteiger partial charge in [0.1, 0.15) is 0 Å². The van der Waals surface area contributed by atoms with Crippen molar-refractivity contribution in [3.8, 4) is 0 Å². The van der Waals surface area contributed by atoms with Crippen molar-refractivity contribution < 1.29 is 0 Å². The Morgan fingerprint density at radius 3 is 2.92 bits per heavy atom. The lowest BCUT2D eigenvalue weighted by Gasteiger charge is -2.23. The van der Waals surface area contributed by atoms with Crippen molar-refractivity contribution in [1.82, 2.24) is 4.98 Å². The molecule has 0 amide bonds. The van der Waals surface area contributed by atoms with Crippen LogP contribution in [0.1, 0.15) is 26.3 Å². The van der Waals surface area contributed by atoms with Gasteiger partial charge in [-0.15, -0.1) is 0 Å². The summed E-state index contributed by atoms with van der Waals surface area (Å²) in [6.45, 7) is 6.70. The molecular formula is C10H14N2. The molecule has 0 spiro atoms. The van der Waals surface area contributed by atoms with Gasteiger partial charge in [-0.3, -0.25) is 4.98 Å². The summed E-state index contributed by atoms with van der Waals surface area (Å²) in [6, 6.07) is 2.54. The summed E-state index contributed by atoms with van der Waals surface area (Å²) in [5, 5.41) is 3.45. The molecule has 0 saturated heterocycles. The number of pyridine rings is 1. The third-order valence-electron chi connectivity index (χ3n) is 2.97. The summed E-state index contributed by atoms with van der Waals surface area (Å²) in [7, 11) is 0. The first-order valence-electron chi connectivity index (χ1n) is 4.33. The van der Waals surface area contributed by atoms with Crippen LogP contribution in [0.4, 0.5) is 5.69 Å². The molecule has 1 aliphatic rings. The number of hydrogen-bond acceptors (Lipinski definition) is 2. The van der Waals surface area contributed by atoms with Gasteiger partial charge in [0, 0.05) is 35.1 Å². The van der Waals surface area contributed by atoms with Gasteiger partial charge in [-0.2, -0.15) is 0 Å². The first-order valence-corrected chi connectivity index (χ1v) is 4.33. The quantitative estimate of drug-likeness (QED) is 0.632. The van der Waals surface area contributed by atoms with E-state index >= 15 is 0 Å². The topological polar surface area (TPSA) is 24.9 Å². The molecule has 0 saturated carbocycles. The van der Waals surface area contributed by atoms with Crippen molar-refractivity contribution in [2.45, 2.75) is 32.2 Å².